The van der Waals surface area contributed by atoms with Gasteiger partial charge in [-0.3, -0.25) is 4.79 Å². The van der Waals surface area contributed by atoms with Gasteiger partial charge in [0.1, 0.15) is 24.4 Å². The number of hydrogen-bond donors (Lipinski definition) is 6. The maximum Gasteiger partial charge on any atom is 0.220 e. The molecule has 0 radical (unpaired) electrons. The molecule has 1 aliphatic rings. The van der Waals surface area contributed by atoms with Crippen LogP contribution in [-0.4, -0.2) is 87.5 Å². The van der Waals surface area contributed by atoms with Crippen molar-refractivity contribution in [3.8, 4) is 0 Å². The quantitative estimate of drug-likeness (QED) is 0.0261. The fraction of sp³-hybridized carbons (Fsp3) is 0.857. The summed E-state index contributed by atoms with van der Waals surface area (Å²) in [6.45, 7) is 3.79. The molecule has 9 heteroatoms. The predicted molar refractivity (Wildman–Crippen MR) is 304 cm³/mol. The highest BCUT2D eigenvalue weighted by Crippen LogP contribution is 2.23. The van der Waals surface area contributed by atoms with Crippen molar-refractivity contribution in [2.45, 2.75) is 333 Å². The van der Waals surface area contributed by atoms with Gasteiger partial charge in [-0.2, -0.15) is 0 Å². The lowest BCUT2D eigenvalue weighted by Crippen LogP contribution is -2.60. The van der Waals surface area contributed by atoms with Gasteiger partial charge in [-0.25, -0.2) is 0 Å². The third kappa shape index (κ3) is 41.4. The van der Waals surface area contributed by atoms with Gasteiger partial charge < -0.3 is 40.3 Å². The molecule has 1 aliphatic heterocycles. The van der Waals surface area contributed by atoms with E-state index in [9.17, 15) is 30.3 Å². The van der Waals surface area contributed by atoms with Crippen molar-refractivity contribution in [3.63, 3.8) is 0 Å². The molecule has 1 fully saturated rings. The Morgan fingerprint density at radius 1 is 0.472 bits per heavy atom. The molecule has 1 heterocycles. The largest absolute Gasteiger partial charge is 0.394 e. The minimum absolute atomic E-state index is 0.186. The normalized spacial score (nSPS) is 19.5. The van der Waals surface area contributed by atoms with Gasteiger partial charge in [0.2, 0.25) is 5.91 Å². The third-order valence-electron chi connectivity index (χ3n) is 14.6. The van der Waals surface area contributed by atoms with Gasteiger partial charge in [-0.05, 0) is 64.2 Å². The Hall–Kier alpha value is -1.85. The molecule has 0 aromatic heterocycles. The molecule has 9 nitrogen and oxygen atoms in total. The van der Waals surface area contributed by atoms with Crippen LogP contribution in [-0.2, 0) is 14.3 Å². The van der Waals surface area contributed by atoms with Crippen molar-refractivity contribution in [1.29, 1.82) is 0 Å². The maximum absolute atomic E-state index is 13.1. The summed E-state index contributed by atoms with van der Waals surface area (Å²) in [5.74, 6) is -0.186. The van der Waals surface area contributed by atoms with Crippen molar-refractivity contribution in [2.24, 2.45) is 0 Å². The molecule has 0 aliphatic carbocycles. The monoisotopic (exact) mass is 1020 g/mol. The van der Waals surface area contributed by atoms with Gasteiger partial charge in [0.05, 0.1) is 25.4 Å². The first-order valence-corrected chi connectivity index (χ1v) is 30.9. The molecule has 7 unspecified atom stereocenters. The van der Waals surface area contributed by atoms with E-state index in [0.717, 1.165) is 44.9 Å². The van der Waals surface area contributed by atoms with Crippen LogP contribution in [0.15, 0.2) is 48.6 Å². The predicted octanol–water partition coefficient (Wildman–Crippen LogP) is 15.7. The van der Waals surface area contributed by atoms with Gasteiger partial charge in [-0.15, -0.1) is 0 Å². The zero-order valence-electron chi connectivity index (χ0n) is 46.9. The minimum Gasteiger partial charge on any atom is -0.394 e. The highest BCUT2D eigenvalue weighted by molar-refractivity contribution is 5.76. The zero-order valence-corrected chi connectivity index (χ0v) is 46.9. The Morgan fingerprint density at radius 3 is 1.25 bits per heavy atom. The van der Waals surface area contributed by atoms with Crippen LogP contribution >= 0.6 is 0 Å². The molecule has 0 saturated carbocycles. The van der Waals surface area contributed by atoms with Crippen molar-refractivity contribution in [1.82, 2.24) is 5.32 Å². The first kappa shape index (κ1) is 68.2. The highest BCUT2D eigenvalue weighted by Gasteiger charge is 2.44. The Bertz CT molecular complexity index is 1270. The molecule has 1 rings (SSSR count). The van der Waals surface area contributed by atoms with E-state index in [1.165, 1.54) is 225 Å². The summed E-state index contributed by atoms with van der Waals surface area (Å²) < 4.78 is 11.3. The summed E-state index contributed by atoms with van der Waals surface area (Å²) in [6, 6.07) is -0.825. The maximum atomic E-state index is 13.1. The first-order chi connectivity index (χ1) is 35.3. The molecule has 72 heavy (non-hydrogen) atoms. The number of rotatable bonds is 53. The van der Waals surface area contributed by atoms with Gasteiger partial charge >= 0.3 is 0 Å². The number of nitrogens with one attached hydrogen (secondary N) is 1. The Balaban J connectivity index is 2.22. The van der Waals surface area contributed by atoms with Crippen LogP contribution in [0.3, 0.4) is 0 Å². The van der Waals surface area contributed by atoms with E-state index < -0.39 is 49.5 Å². The second kappa shape index (κ2) is 52.6. The van der Waals surface area contributed by atoms with E-state index in [1.54, 1.807) is 6.08 Å². The third-order valence-corrected chi connectivity index (χ3v) is 14.6. The number of ether oxygens (including phenoxy) is 2. The smallest absolute Gasteiger partial charge is 0.220 e. The Morgan fingerprint density at radius 2 is 0.833 bits per heavy atom. The number of hydrogen-bond acceptors (Lipinski definition) is 8. The van der Waals surface area contributed by atoms with Crippen LogP contribution in [0, 0.1) is 0 Å². The number of unbranched alkanes of at least 4 members (excludes halogenated alkanes) is 37. The molecule has 0 bridgehead atoms. The molecular weight excluding hydrogens is 899 g/mol. The molecule has 0 aromatic carbocycles. The van der Waals surface area contributed by atoms with Crippen LogP contribution < -0.4 is 5.32 Å². The fourth-order valence-electron chi connectivity index (χ4n) is 9.73. The molecule has 6 N–H and O–H groups in total. The van der Waals surface area contributed by atoms with E-state index in [4.69, 9.17) is 9.47 Å². The average molecular weight is 1020 g/mol. The van der Waals surface area contributed by atoms with Gasteiger partial charge in [-0.1, -0.05) is 268 Å². The summed E-state index contributed by atoms with van der Waals surface area (Å²) in [6.07, 6.45) is 63.3. The van der Waals surface area contributed by atoms with Crippen LogP contribution in [0.25, 0.3) is 0 Å². The number of carbonyl (C=O) groups is 1. The SMILES string of the molecule is CCCCCCCCCCC/C=C\C/C=C\CCCCCCCCCCCCCC(=O)NC(COC1OC(CO)C(O)C(O)C1O)C(O)/C=C/CC/C=C/CCCCCCCCCCCCCCCCCC. The number of aliphatic hydroxyl groups is 5. The molecule has 7 atom stereocenters. The van der Waals surface area contributed by atoms with Gasteiger partial charge in [0.15, 0.2) is 6.29 Å². The lowest BCUT2D eigenvalue weighted by molar-refractivity contribution is -0.302. The van der Waals surface area contributed by atoms with Gasteiger partial charge in [0.25, 0.3) is 0 Å². The molecule has 0 aromatic rings. The summed E-state index contributed by atoms with van der Waals surface area (Å²) in [5.41, 5.74) is 0. The average Bonchev–Trinajstić information content (AvgIpc) is 3.38. The lowest BCUT2D eigenvalue weighted by Gasteiger charge is -2.40. The standard InChI is InChI=1S/C63H117NO8/c1-3-5-7-9-11-13-15-17-19-21-23-25-27-28-29-30-31-33-35-37-39-41-43-45-47-49-51-53-59(67)64-56(55-71-63-62(70)61(69)60(68)58(54-65)72-63)57(66)52-50-48-46-44-42-40-38-36-34-32-26-24-22-20-18-16-14-12-10-8-6-4-2/h23,25,28-29,42,44,50,52,56-58,60-63,65-66,68-70H,3-22,24,26-27,30-41,43,45-49,51,53-55H2,1-2H3,(H,64,67)/b25-23-,29-28-,44-42+,52-50+. The lowest BCUT2D eigenvalue weighted by atomic mass is 9.99. The fourth-order valence-corrected chi connectivity index (χ4v) is 9.73. The number of carbonyl (C=O) groups excluding carboxylic acids is 1. The van der Waals surface area contributed by atoms with Crippen LogP contribution in [0.1, 0.15) is 290 Å². The highest BCUT2D eigenvalue weighted by atomic mass is 16.7. The van der Waals surface area contributed by atoms with E-state index in [-0.39, 0.29) is 12.5 Å². The number of amides is 1. The van der Waals surface area contributed by atoms with Crippen molar-refractivity contribution in [2.75, 3.05) is 13.2 Å². The Labute approximate surface area is 444 Å². The number of allylic oxidation sites excluding steroid dienone is 7. The summed E-state index contributed by atoms with van der Waals surface area (Å²) in [4.78, 5) is 13.1. The van der Waals surface area contributed by atoms with E-state index >= 15 is 0 Å². The summed E-state index contributed by atoms with van der Waals surface area (Å²) in [7, 11) is 0. The van der Waals surface area contributed by atoms with Crippen LogP contribution in [0.4, 0.5) is 0 Å². The molecule has 0 spiro atoms. The topological polar surface area (TPSA) is 149 Å². The second-order valence-corrected chi connectivity index (χ2v) is 21.5. The zero-order chi connectivity index (χ0) is 52.2. The molecule has 422 valence electrons. The van der Waals surface area contributed by atoms with E-state index in [0.29, 0.717) is 6.42 Å². The van der Waals surface area contributed by atoms with Gasteiger partial charge in [0, 0.05) is 6.42 Å². The molecular formula is C63H117NO8. The summed E-state index contributed by atoms with van der Waals surface area (Å²) >= 11 is 0. The number of aliphatic hydroxyl groups excluding tert-OH is 5. The second-order valence-electron chi connectivity index (χ2n) is 21.5. The van der Waals surface area contributed by atoms with E-state index in [1.807, 2.05) is 6.08 Å². The molecule has 1 amide bonds. The van der Waals surface area contributed by atoms with Crippen molar-refractivity contribution < 1.29 is 39.8 Å². The van der Waals surface area contributed by atoms with Crippen molar-refractivity contribution >= 4 is 5.91 Å². The first-order valence-electron chi connectivity index (χ1n) is 30.9. The van der Waals surface area contributed by atoms with Crippen molar-refractivity contribution in [3.05, 3.63) is 48.6 Å². The van der Waals surface area contributed by atoms with E-state index in [2.05, 4.69) is 55.6 Å². The van der Waals surface area contributed by atoms with Crippen LogP contribution in [0.5, 0.6) is 0 Å². The van der Waals surface area contributed by atoms with Crippen LogP contribution in [0.2, 0.25) is 0 Å². The Kier molecular flexibility index (Phi) is 49.8. The summed E-state index contributed by atoms with van der Waals surface area (Å²) in [5, 5.41) is 54.6. The minimum atomic E-state index is -1.57. The molecule has 1 saturated heterocycles.